The normalized spacial score (nSPS) is 18.5. The Morgan fingerprint density at radius 1 is 1.28 bits per heavy atom. The van der Waals surface area contributed by atoms with Gasteiger partial charge in [-0.15, -0.1) is 0 Å². The number of hydrogen-bond acceptors (Lipinski definition) is 4. The molecule has 0 radical (unpaired) electrons. The highest BCUT2D eigenvalue weighted by molar-refractivity contribution is 5.96. The van der Waals surface area contributed by atoms with Crippen LogP contribution in [0.25, 0.3) is 11.1 Å². The molecule has 1 fully saturated rings. The van der Waals surface area contributed by atoms with E-state index in [0.29, 0.717) is 12.4 Å². The van der Waals surface area contributed by atoms with E-state index in [2.05, 4.69) is 10.3 Å². The van der Waals surface area contributed by atoms with E-state index in [1.165, 1.54) is 0 Å². The lowest BCUT2D eigenvalue weighted by Crippen LogP contribution is -2.33. The molecule has 0 bridgehead atoms. The molecule has 1 aliphatic heterocycles. The zero-order valence-corrected chi connectivity index (χ0v) is 14.5. The third-order valence-corrected chi connectivity index (χ3v) is 4.31. The van der Waals surface area contributed by atoms with Gasteiger partial charge in [-0.1, -0.05) is 30.3 Å². The van der Waals surface area contributed by atoms with Gasteiger partial charge in [-0.2, -0.15) is 0 Å². The second kappa shape index (κ2) is 8.74. The van der Waals surface area contributed by atoms with Crippen LogP contribution in [0.2, 0.25) is 0 Å². The summed E-state index contributed by atoms with van der Waals surface area (Å²) in [6.07, 6.45) is 4.46. The van der Waals surface area contributed by atoms with Crippen LogP contribution in [0.4, 0.5) is 5.82 Å². The van der Waals surface area contributed by atoms with Gasteiger partial charge in [0.1, 0.15) is 11.9 Å². The summed E-state index contributed by atoms with van der Waals surface area (Å²) < 4.78 is 11.3. The number of amides is 1. The molecule has 25 heavy (non-hydrogen) atoms. The van der Waals surface area contributed by atoms with E-state index >= 15 is 0 Å². The summed E-state index contributed by atoms with van der Waals surface area (Å²) >= 11 is 0. The molecule has 5 nitrogen and oxygen atoms in total. The lowest BCUT2D eigenvalue weighted by Gasteiger charge is -2.24. The largest absolute Gasteiger partial charge is 0.376 e. The first kappa shape index (κ1) is 17.6. The molecule has 1 aliphatic rings. The number of hydrogen-bond donors (Lipinski definition) is 1. The zero-order valence-electron chi connectivity index (χ0n) is 14.5. The van der Waals surface area contributed by atoms with E-state index in [4.69, 9.17) is 9.47 Å². The minimum absolute atomic E-state index is 0.0960. The SMILES string of the molecule is C[C@@H](OC[C@H]1CCCCO1)C(=O)Nc1ncccc1-c1ccccc1. The predicted molar refractivity (Wildman–Crippen MR) is 97.3 cm³/mol. The smallest absolute Gasteiger partial charge is 0.254 e. The summed E-state index contributed by atoms with van der Waals surface area (Å²) in [6.45, 7) is 2.98. The number of carbonyl (C=O) groups is 1. The summed E-state index contributed by atoms with van der Waals surface area (Å²) in [5.74, 6) is 0.342. The van der Waals surface area contributed by atoms with Gasteiger partial charge in [0, 0.05) is 18.4 Å². The second-order valence-electron chi connectivity index (χ2n) is 6.22. The minimum atomic E-state index is -0.559. The van der Waals surface area contributed by atoms with Crippen LogP contribution in [0, 0.1) is 0 Å². The zero-order chi connectivity index (χ0) is 17.5. The quantitative estimate of drug-likeness (QED) is 0.872. The van der Waals surface area contributed by atoms with Crippen molar-refractivity contribution in [1.29, 1.82) is 0 Å². The molecule has 1 amide bonds. The van der Waals surface area contributed by atoms with Crippen LogP contribution in [0.3, 0.4) is 0 Å². The van der Waals surface area contributed by atoms with Gasteiger partial charge in [0.25, 0.3) is 5.91 Å². The Labute approximate surface area is 148 Å². The summed E-state index contributed by atoms with van der Waals surface area (Å²) in [6, 6.07) is 13.7. The summed E-state index contributed by atoms with van der Waals surface area (Å²) in [5.41, 5.74) is 1.90. The Hall–Kier alpha value is -2.24. The van der Waals surface area contributed by atoms with Crippen molar-refractivity contribution in [2.45, 2.75) is 38.4 Å². The summed E-state index contributed by atoms with van der Waals surface area (Å²) in [7, 11) is 0. The van der Waals surface area contributed by atoms with Crippen LogP contribution in [0.15, 0.2) is 48.7 Å². The molecule has 0 aliphatic carbocycles. The first-order chi connectivity index (χ1) is 12.2. The van der Waals surface area contributed by atoms with E-state index in [-0.39, 0.29) is 12.0 Å². The third-order valence-electron chi connectivity index (χ3n) is 4.31. The molecule has 1 aromatic heterocycles. The molecule has 1 N–H and O–H groups in total. The van der Waals surface area contributed by atoms with E-state index < -0.39 is 6.10 Å². The van der Waals surface area contributed by atoms with Crippen molar-refractivity contribution < 1.29 is 14.3 Å². The standard InChI is InChI=1S/C20H24N2O3/c1-15(25-14-17-10-5-6-13-24-17)20(23)22-19-18(11-7-12-21-19)16-8-3-2-4-9-16/h2-4,7-9,11-12,15,17H,5-6,10,13-14H2,1H3,(H,21,22,23)/t15-,17-/m1/s1. The maximum Gasteiger partial charge on any atom is 0.254 e. The molecule has 2 heterocycles. The van der Waals surface area contributed by atoms with Gasteiger partial charge < -0.3 is 14.8 Å². The van der Waals surface area contributed by atoms with Gasteiger partial charge in [-0.3, -0.25) is 4.79 Å². The molecular formula is C20H24N2O3. The van der Waals surface area contributed by atoms with Gasteiger partial charge in [0.2, 0.25) is 0 Å². The fourth-order valence-electron chi connectivity index (χ4n) is 2.84. The molecular weight excluding hydrogens is 316 g/mol. The Bertz CT molecular complexity index is 684. The van der Waals surface area contributed by atoms with E-state index in [0.717, 1.165) is 37.0 Å². The van der Waals surface area contributed by atoms with Crippen molar-refractivity contribution in [3.63, 3.8) is 0 Å². The van der Waals surface area contributed by atoms with Crippen LogP contribution in [-0.4, -0.2) is 36.3 Å². The van der Waals surface area contributed by atoms with Gasteiger partial charge in [0.15, 0.2) is 0 Å². The number of nitrogens with one attached hydrogen (secondary N) is 1. The van der Waals surface area contributed by atoms with Gasteiger partial charge in [-0.25, -0.2) is 4.98 Å². The Balaban J connectivity index is 1.61. The van der Waals surface area contributed by atoms with Crippen molar-refractivity contribution in [2.24, 2.45) is 0 Å². The van der Waals surface area contributed by atoms with E-state index in [9.17, 15) is 4.79 Å². The maximum atomic E-state index is 12.5. The molecule has 0 spiro atoms. The Morgan fingerprint density at radius 2 is 2.12 bits per heavy atom. The van der Waals surface area contributed by atoms with Gasteiger partial charge >= 0.3 is 0 Å². The number of carbonyl (C=O) groups excluding carboxylic acids is 1. The number of nitrogens with zero attached hydrogens (tertiary/aromatic N) is 1. The molecule has 132 valence electrons. The Morgan fingerprint density at radius 3 is 2.88 bits per heavy atom. The number of rotatable bonds is 6. The monoisotopic (exact) mass is 340 g/mol. The van der Waals surface area contributed by atoms with E-state index in [1.807, 2.05) is 42.5 Å². The molecule has 1 aromatic carbocycles. The number of aromatic nitrogens is 1. The fourth-order valence-corrected chi connectivity index (χ4v) is 2.84. The van der Waals surface area contributed by atoms with Crippen molar-refractivity contribution in [3.05, 3.63) is 48.7 Å². The minimum Gasteiger partial charge on any atom is -0.376 e. The third kappa shape index (κ3) is 4.87. The first-order valence-electron chi connectivity index (χ1n) is 8.78. The van der Waals surface area contributed by atoms with Crippen molar-refractivity contribution in [1.82, 2.24) is 4.98 Å². The number of benzene rings is 1. The number of ether oxygens (including phenoxy) is 2. The second-order valence-corrected chi connectivity index (χ2v) is 6.22. The fraction of sp³-hybridized carbons (Fsp3) is 0.400. The highest BCUT2D eigenvalue weighted by atomic mass is 16.5. The molecule has 2 aromatic rings. The number of pyridine rings is 1. The molecule has 3 rings (SSSR count). The molecule has 2 atom stereocenters. The van der Waals surface area contributed by atoms with Crippen LogP contribution in [-0.2, 0) is 14.3 Å². The summed E-state index contributed by atoms with van der Waals surface area (Å²) in [5, 5.41) is 2.88. The summed E-state index contributed by atoms with van der Waals surface area (Å²) in [4.78, 5) is 16.8. The van der Waals surface area contributed by atoms with E-state index in [1.54, 1.807) is 13.1 Å². The lowest BCUT2D eigenvalue weighted by molar-refractivity contribution is -0.130. The van der Waals surface area contributed by atoms with Crippen LogP contribution < -0.4 is 5.32 Å². The molecule has 1 saturated heterocycles. The highest BCUT2D eigenvalue weighted by Gasteiger charge is 2.20. The number of anilines is 1. The first-order valence-corrected chi connectivity index (χ1v) is 8.78. The van der Waals surface area contributed by atoms with Crippen molar-refractivity contribution in [3.8, 4) is 11.1 Å². The van der Waals surface area contributed by atoms with Gasteiger partial charge in [0.05, 0.1) is 12.7 Å². The van der Waals surface area contributed by atoms with Gasteiger partial charge in [-0.05, 0) is 43.9 Å². The Kier molecular flexibility index (Phi) is 6.14. The van der Waals surface area contributed by atoms with Crippen molar-refractivity contribution >= 4 is 11.7 Å². The van der Waals surface area contributed by atoms with Crippen LogP contribution >= 0.6 is 0 Å². The maximum absolute atomic E-state index is 12.5. The van der Waals surface area contributed by atoms with Crippen LogP contribution in [0.1, 0.15) is 26.2 Å². The van der Waals surface area contributed by atoms with Crippen molar-refractivity contribution in [2.75, 3.05) is 18.5 Å². The molecule has 0 saturated carbocycles. The average molecular weight is 340 g/mol. The van der Waals surface area contributed by atoms with Crippen LogP contribution in [0.5, 0.6) is 0 Å². The highest BCUT2D eigenvalue weighted by Crippen LogP contribution is 2.25. The molecule has 5 heteroatoms. The molecule has 0 unspecified atom stereocenters. The predicted octanol–water partition coefficient (Wildman–Crippen LogP) is 3.66. The average Bonchev–Trinajstić information content (AvgIpc) is 2.68. The lowest BCUT2D eigenvalue weighted by atomic mass is 10.1. The topological polar surface area (TPSA) is 60.5 Å².